The van der Waals surface area contributed by atoms with E-state index in [1.54, 1.807) is 12.1 Å². The smallest absolute Gasteiger partial charge is 0.243 e. The van der Waals surface area contributed by atoms with Crippen LogP contribution in [0.15, 0.2) is 29.2 Å². The van der Waals surface area contributed by atoms with Crippen molar-refractivity contribution in [3.63, 3.8) is 0 Å². The highest BCUT2D eigenvalue weighted by Crippen LogP contribution is 2.24. The maximum Gasteiger partial charge on any atom is 0.243 e. The van der Waals surface area contributed by atoms with Crippen LogP contribution in [0.25, 0.3) is 0 Å². The Kier molecular flexibility index (Phi) is 4.74. The van der Waals surface area contributed by atoms with Gasteiger partial charge in [-0.1, -0.05) is 11.6 Å². The molecule has 1 fully saturated rings. The monoisotopic (exact) mass is 323 g/mol. The van der Waals surface area contributed by atoms with E-state index in [1.165, 1.54) is 16.4 Å². The van der Waals surface area contributed by atoms with Crippen molar-refractivity contribution < 1.29 is 13.2 Å². The van der Waals surface area contributed by atoms with Gasteiger partial charge >= 0.3 is 0 Å². The van der Waals surface area contributed by atoms with Crippen molar-refractivity contribution in [2.75, 3.05) is 19.0 Å². The molecule has 1 aromatic rings. The molecule has 106 valence electrons. The number of rotatable bonds is 3. The Labute approximate surface area is 123 Å². The summed E-state index contributed by atoms with van der Waals surface area (Å²) in [7, 11) is -3.53. The molecule has 0 radical (unpaired) electrons. The van der Waals surface area contributed by atoms with Crippen LogP contribution in [0.5, 0.6) is 0 Å². The molecule has 0 saturated carbocycles. The van der Waals surface area contributed by atoms with Crippen molar-refractivity contribution in [2.24, 2.45) is 0 Å². The summed E-state index contributed by atoms with van der Waals surface area (Å²) in [6.07, 6.45) is -0.264. The molecule has 1 aromatic carbocycles. The van der Waals surface area contributed by atoms with E-state index in [0.29, 0.717) is 11.6 Å². The SMILES string of the molecule is CC1COC(CCl)CN1S(=O)(=O)c1ccc(Cl)cc1. The molecule has 1 aliphatic rings. The average Bonchev–Trinajstić information content (AvgIpc) is 2.39. The van der Waals surface area contributed by atoms with Crippen molar-refractivity contribution in [1.29, 1.82) is 0 Å². The predicted molar refractivity (Wildman–Crippen MR) is 75.3 cm³/mol. The highest BCUT2D eigenvalue weighted by atomic mass is 35.5. The highest BCUT2D eigenvalue weighted by molar-refractivity contribution is 7.89. The number of hydrogen-bond donors (Lipinski definition) is 0. The van der Waals surface area contributed by atoms with Gasteiger partial charge in [-0.3, -0.25) is 0 Å². The molecule has 0 aliphatic carbocycles. The molecule has 0 spiro atoms. The lowest BCUT2D eigenvalue weighted by atomic mass is 10.2. The van der Waals surface area contributed by atoms with Gasteiger partial charge in [0.25, 0.3) is 0 Å². The van der Waals surface area contributed by atoms with Gasteiger partial charge in [0, 0.05) is 23.5 Å². The average molecular weight is 324 g/mol. The Morgan fingerprint density at radius 1 is 1.37 bits per heavy atom. The third-order valence-electron chi connectivity index (χ3n) is 3.04. The molecule has 0 bridgehead atoms. The van der Waals surface area contributed by atoms with E-state index >= 15 is 0 Å². The number of alkyl halides is 1. The van der Waals surface area contributed by atoms with E-state index in [-0.39, 0.29) is 29.5 Å². The highest BCUT2D eigenvalue weighted by Gasteiger charge is 2.35. The van der Waals surface area contributed by atoms with Gasteiger partial charge in [-0.2, -0.15) is 4.31 Å². The molecular weight excluding hydrogens is 309 g/mol. The molecule has 0 amide bonds. The van der Waals surface area contributed by atoms with Gasteiger partial charge in [0.15, 0.2) is 0 Å². The van der Waals surface area contributed by atoms with E-state index in [9.17, 15) is 8.42 Å². The van der Waals surface area contributed by atoms with E-state index in [1.807, 2.05) is 6.92 Å². The Balaban J connectivity index is 2.29. The lowest BCUT2D eigenvalue weighted by molar-refractivity contribution is -0.0152. The molecule has 2 unspecified atom stereocenters. The molecule has 1 aliphatic heterocycles. The Morgan fingerprint density at radius 3 is 2.58 bits per heavy atom. The molecule has 4 nitrogen and oxygen atoms in total. The van der Waals surface area contributed by atoms with Crippen LogP contribution >= 0.6 is 23.2 Å². The van der Waals surface area contributed by atoms with Crippen LogP contribution in [0.3, 0.4) is 0 Å². The molecule has 0 N–H and O–H groups in total. The van der Waals surface area contributed by atoms with Crippen molar-refractivity contribution in [2.45, 2.75) is 24.0 Å². The first-order valence-corrected chi connectivity index (χ1v) is 8.25. The first-order valence-electron chi connectivity index (χ1n) is 5.90. The summed E-state index contributed by atoms with van der Waals surface area (Å²) in [5, 5.41) is 0.507. The Hall–Kier alpha value is -0.330. The second-order valence-electron chi connectivity index (χ2n) is 4.49. The van der Waals surface area contributed by atoms with Gasteiger partial charge in [0.05, 0.1) is 17.6 Å². The molecule has 19 heavy (non-hydrogen) atoms. The third-order valence-corrected chi connectivity index (χ3v) is 5.63. The summed E-state index contributed by atoms with van der Waals surface area (Å²) < 4.78 is 32.0. The van der Waals surface area contributed by atoms with E-state index in [2.05, 4.69) is 0 Å². The summed E-state index contributed by atoms with van der Waals surface area (Å²) in [5.41, 5.74) is 0. The van der Waals surface area contributed by atoms with Crippen LogP contribution < -0.4 is 0 Å². The third kappa shape index (κ3) is 3.23. The molecule has 1 heterocycles. The van der Waals surface area contributed by atoms with Crippen molar-refractivity contribution in [3.05, 3.63) is 29.3 Å². The molecule has 2 atom stereocenters. The van der Waals surface area contributed by atoms with Gasteiger partial charge in [-0.15, -0.1) is 11.6 Å². The van der Waals surface area contributed by atoms with E-state index in [0.717, 1.165) is 0 Å². The lowest BCUT2D eigenvalue weighted by Gasteiger charge is -2.36. The van der Waals surface area contributed by atoms with Crippen LogP contribution in [-0.2, 0) is 14.8 Å². The fourth-order valence-corrected chi connectivity index (χ4v) is 3.92. The zero-order valence-electron chi connectivity index (χ0n) is 10.4. The van der Waals surface area contributed by atoms with Gasteiger partial charge < -0.3 is 4.74 Å². The topological polar surface area (TPSA) is 46.6 Å². The molecular formula is C12H15Cl2NO3S. The van der Waals surface area contributed by atoms with Crippen LogP contribution in [0.1, 0.15) is 6.92 Å². The Bertz CT molecular complexity index is 532. The number of morpholine rings is 1. The largest absolute Gasteiger partial charge is 0.374 e. The number of halogens is 2. The first kappa shape index (κ1) is 15.1. The summed E-state index contributed by atoms with van der Waals surface area (Å²) in [5.74, 6) is 0.277. The first-order chi connectivity index (χ1) is 8.95. The summed E-state index contributed by atoms with van der Waals surface area (Å²) in [4.78, 5) is 0.235. The normalized spacial score (nSPS) is 25.4. The fourth-order valence-electron chi connectivity index (χ4n) is 1.96. The zero-order chi connectivity index (χ0) is 14.0. The van der Waals surface area contributed by atoms with Crippen LogP contribution in [0.2, 0.25) is 5.02 Å². The van der Waals surface area contributed by atoms with Crippen molar-refractivity contribution >= 4 is 33.2 Å². The number of nitrogens with zero attached hydrogens (tertiary/aromatic N) is 1. The Morgan fingerprint density at radius 2 is 2.00 bits per heavy atom. The van der Waals surface area contributed by atoms with Gasteiger partial charge in [0.2, 0.25) is 10.0 Å². The van der Waals surface area contributed by atoms with Crippen molar-refractivity contribution in [3.8, 4) is 0 Å². The zero-order valence-corrected chi connectivity index (χ0v) is 12.7. The van der Waals surface area contributed by atoms with E-state index in [4.69, 9.17) is 27.9 Å². The number of sulfonamides is 1. The predicted octanol–water partition coefficient (Wildman–Crippen LogP) is 2.36. The number of ether oxygens (including phenoxy) is 1. The minimum atomic E-state index is -3.53. The minimum Gasteiger partial charge on any atom is -0.374 e. The number of benzene rings is 1. The minimum absolute atomic E-state index is 0.208. The van der Waals surface area contributed by atoms with Crippen LogP contribution in [0, 0.1) is 0 Å². The molecule has 2 rings (SSSR count). The maximum absolute atomic E-state index is 12.6. The summed E-state index contributed by atoms with van der Waals surface area (Å²) >= 11 is 11.5. The second kappa shape index (κ2) is 5.97. The van der Waals surface area contributed by atoms with Crippen LogP contribution in [-0.4, -0.2) is 43.9 Å². The summed E-state index contributed by atoms with van der Waals surface area (Å²) in [6.45, 7) is 2.44. The molecule has 0 aromatic heterocycles. The number of hydrogen-bond acceptors (Lipinski definition) is 3. The van der Waals surface area contributed by atoms with Gasteiger partial charge in [-0.05, 0) is 31.2 Å². The molecule has 1 saturated heterocycles. The summed E-state index contributed by atoms with van der Waals surface area (Å²) in [6, 6.07) is 5.95. The van der Waals surface area contributed by atoms with Gasteiger partial charge in [0.1, 0.15) is 0 Å². The maximum atomic E-state index is 12.6. The fraction of sp³-hybridized carbons (Fsp3) is 0.500. The van der Waals surface area contributed by atoms with Crippen LogP contribution in [0.4, 0.5) is 0 Å². The lowest BCUT2D eigenvalue weighted by Crippen LogP contribution is -2.51. The van der Waals surface area contributed by atoms with E-state index < -0.39 is 10.0 Å². The van der Waals surface area contributed by atoms with Gasteiger partial charge in [-0.25, -0.2) is 8.42 Å². The van der Waals surface area contributed by atoms with Crippen molar-refractivity contribution in [1.82, 2.24) is 4.31 Å². The molecule has 7 heteroatoms. The second-order valence-corrected chi connectivity index (χ2v) is 7.12. The standard InChI is InChI=1S/C12H15Cl2NO3S/c1-9-8-18-11(6-13)7-15(9)19(16,17)12-4-2-10(14)3-5-12/h2-5,9,11H,6-8H2,1H3. The quantitative estimate of drug-likeness (QED) is 0.802.